The zero-order valence-corrected chi connectivity index (χ0v) is 17.4. The van der Waals surface area contributed by atoms with Crippen molar-refractivity contribution in [1.29, 1.82) is 0 Å². The van der Waals surface area contributed by atoms with Gasteiger partial charge in [-0.15, -0.1) is 11.6 Å². The Hall–Kier alpha value is -2.67. The van der Waals surface area contributed by atoms with Crippen LogP contribution in [0.15, 0.2) is 30.3 Å². The molecule has 154 valence electrons. The molecule has 0 aliphatic carbocycles. The van der Waals surface area contributed by atoms with Crippen LogP contribution in [0, 0.1) is 6.92 Å². The summed E-state index contributed by atoms with van der Waals surface area (Å²) in [7, 11) is 0. The van der Waals surface area contributed by atoms with Crippen LogP contribution in [0.2, 0.25) is 0 Å². The standard InChI is InChI=1S/C21H25ClN4O3/c1-14-12-19(29-18-5-3-4-17(13-18)24-15(2)27)25-21(23-14)16-7-10-26(11-8-16)20(28)6-9-22/h3-5,12-13,16H,6-11H2,1-2H3,(H,24,27). The van der Waals surface area contributed by atoms with Crippen molar-refractivity contribution in [2.45, 2.75) is 39.0 Å². The highest BCUT2D eigenvalue weighted by atomic mass is 35.5. The maximum atomic E-state index is 12.0. The van der Waals surface area contributed by atoms with Gasteiger partial charge in [-0.25, -0.2) is 4.98 Å². The van der Waals surface area contributed by atoms with Gasteiger partial charge in [-0.3, -0.25) is 9.59 Å². The number of carbonyl (C=O) groups is 2. The summed E-state index contributed by atoms with van der Waals surface area (Å²) < 4.78 is 5.92. The molecule has 2 aromatic rings. The number of aryl methyl sites for hydroxylation is 1. The Morgan fingerprint density at radius 2 is 2.00 bits per heavy atom. The molecule has 1 saturated heterocycles. The molecular formula is C21H25ClN4O3. The van der Waals surface area contributed by atoms with Gasteiger partial charge < -0.3 is 15.0 Å². The summed E-state index contributed by atoms with van der Waals surface area (Å²) in [6.45, 7) is 4.74. The number of ether oxygens (including phenoxy) is 1. The van der Waals surface area contributed by atoms with Crippen molar-refractivity contribution in [2.75, 3.05) is 24.3 Å². The second-order valence-electron chi connectivity index (χ2n) is 7.11. The Balaban J connectivity index is 1.69. The summed E-state index contributed by atoms with van der Waals surface area (Å²) in [5, 5.41) is 2.74. The van der Waals surface area contributed by atoms with Gasteiger partial charge in [-0.2, -0.15) is 4.98 Å². The van der Waals surface area contributed by atoms with Gasteiger partial charge in [-0.05, 0) is 31.9 Å². The molecule has 2 heterocycles. The van der Waals surface area contributed by atoms with Crippen LogP contribution in [-0.2, 0) is 9.59 Å². The lowest BCUT2D eigenvalue weighted by Crippen LogP contribution is -2.38. The summed E-state index contributed by atoms with van der Waals surface area (Å²) in [5.41, 5.74) is 1.48. The summed E-state index contributed by atoms with van der Waals surface area (Å²) in [6, 6.07) is 8.95. The second kappa shape index (κ2) is 9.69. The number of hydrogen-bond acceptors (Lipinski definition) is 5. The monoisotopic (exact) mass is 416 g/mol. The van der Waals surface area contributed by atoms with E-state index in [2.05, 4.69) is 15.3 Å². The van der Waals surface area contributed by atoms with Crippen LogP contribution in [0.3, 0.4) is 0 Å². The fraction of sp³-hybridized carbons (Fsp3) is 0.429. The number of hydrogen-bond donors (Lipinski definition) is 1. The van der Waals surface area contributed by atoms with Gasteiger partial charge >= 0.3 is 0 Å². The SMILES string of the molecule is CC(=O)Nc1cccc(Oc2cc(C)nc(C3CCN(C(=O)CCCl)CC3)n2)c1. The van der Waals surface area contributed by atoms with Gasteiger partial charge in [0.1, 0.15) is 11.6 Å². The maximum Gasteiger partial charge on any atom is 0.223 e. The number of amides is 2. The van der Waals surface area contributed by atoms with Crippen LogP contribution in [0.25, 0.3) is 0 Å². The van der Waals surface area contributed by atoms with Crippen LogP contribution >= 0.6 is 11.6 Å². The normalized spacial score (nSPS) is 14.5. The first-order chi connectivity index (χ1) is 13.9. The highest BCUT2D eigenvalue weighted by Gasteiger charge is 2.25. The van der Waals surface area contributed by atoms with Gasteiger partial charge in [0, 0.05) is 61.7 Å². The molecule has 1 N–H and O–H groups in total. The second-order valence-corrected chi connectivity index (χ2v) is 7.49. The zero-order valence-electron chi connectivity index (χ0n) is 16.7. The molecule has 0 atom stereocenters. The molecule has 2 amide bonds. The summed E-state index contributed by atoms with van der Waals surface area (Å²) >= 11 is 5.67. The number of alkyl halides is 1. The highest BCUT2D eigenvalue weighted by Crippen LogP contribution is 2.29. The number of likely N-dealkylation sites (tertiary alicyclic amines) is 1. The van der Waals surface area contributed by atoms with Crippen LogP contribution in [0.4, 0.5) is 5.69 Å². The van der Waals surface area contributed by atoms with Crippen LogP contribution in [0.1, 0.15) is 43.6 Å². The highest BCUT2D eigenvalue weighted by molar-refractivity contribution is 6.18. The Morgan fingerprint density at radius 3 is 2.69 bits per heavy atom. The average molecular weight is 417 g/mol. The number of halogens is 1. The Morgan fingerprint density at radius 1 is 1.24 bits per heavy atom. The average Bonchev–Trinajstić information content (AvgIpc) is 2.67. The number of anilines is 1. The molecule has 8 heteroatoms. The van der Waals surface area contributed by atoms with Crippen LogP contribution in [-0.4, -0.2) is 45.7 Å². The third-order valence-electron chi connectivity index (χ3n) is 4.75. The molecule has 1 aromatic carbocycles. The van der Waals surface area contributed by atoms with Crippen molar-refractivity contribution in [2.24, 2.45) is 0 Å². The van der Waals surface area contributed by atoms with Crippen molar-refractivity contribution < 1.29 is 14.3 Å². The zero-order chi connectivity index (χ0) is 20.8. The predicted molar refractivity (Wildman–Crippen MR) is 111 cm³/mol. The molecule has 1 aliphatic rings. The van der Waals surface area contributed by atoms with E-state index in [0.29, 0.717) is 42.7 Å². The summed E-state index contributed by atoms with van der Waals surface area (Å²) in [6.07, 6.45) is 2.01. The molecule has 1 aliphatic heterocycles. The minimum absolute atomic E-state index is 0.103. The minimum Gasteiger partial charge on any atom is -0.439 e. The van der Waals surface area contributed by atoms with Gasteiger partial charge in [0.2, 0.25) is 17.7 Å². The largest absolute Gasteiger partial charge is 0.439 e. The van der Waals surface area contributed by atoms with E-state index in [0.717, 1.165) is 24.4 Å². The molecule has 0 unspecified atom stereocenters. The van der Waals surface area contributed by atoms with E-state index in [9.17, 15) is 9.59 Å². The molecule has 0 saturated carbocycles. The van der Waals surface area contributed by atoms with Gasteiger partial charge in [0.25, 0.3) is 0 Å². The number of aromatic nitrogens is 2. The third kappa shape index (κ3) is 5.90. The van der Waals surface area contributed by atoms with Crippen LogP contribution < -0.4 is 10.1 Å². The Kier molecular flexibility index (Phi) is 7.04. The molecule has 0 radical (unpaired) electrons. The Labute approximate surface area is 175 Å². The van der Waals surface area contributed by atoms with E-state index in [-0.39, 0.29) is 17.7 Å². The first kappa shape index (κ1) is 21.0. The van der Waals surface area contributed by atoms with Gasteiger partial charge in [0.05, 0.1) is 0 Å². The van der Waals surface area contributed by atoms with E-state index in [1.165, 1.54) is 6.92 Å². The molecule has 3 rings (SSSR count). The van der Waals surface area contributed by atoms with Crippen molar-refractivity contribution in [1.82, 2.24) is 14.9 Å². The van der Waals surface area contributed by atoms with E-state index in [4.69, 9.17) is 16.3 Å². The fourth-order valence-corrected chi connectivity index (χ4v) is 3.55. The molecule has 0 bridgehead atoms. The quantitative estimate of drug-likeness (QED) is 0.722. The smallest absolute Gasteiger partial charge is 0.223 e. The number of rotatable bonds is 6. The number of carbonyl (C=O) groups excluding carboxylic acids is 2. The van der Waals surface area contributed by atoms with Crippen molar-refractivity contribution in [3.05, 3.63) is 41.9 Å². The molecule has 29 heavy (non-hydrogen) atoms. The number of nitrogens with zero attached hydrogens (tertiary/aromatic N) is 3. The molecule has 0 spiro atoms. The van der Waals surface area contributed by atoms with E-state index < -0.39 is 0 Å². The minimum atomic E-state index is -0.141. The van der Waals surface area contributed by atoms with Crippen molar-refractivity contribution in [3.63, 3.8) is 0 Å². The lowest BCUT2D eigenvalue weighted by Gasteiger charge is -2.31. The van der Waals surface area contributed by atoms with Gasteiger partial charge in [-0.1, -0.05) is 6.07 Å². The lowest BCUT2D eigenvalue weighted by atomic mass is 9.95. The predicted octanol–water partition coefficient (Wildman–Crippen LogP) is 3.87. The van der Waals surface area contributed by atoms with E-state index >= 15 is 0 Å². The summed E-state index contributed by atoms with van der Waals surface area (Å²) in [5.74, 6) is 2.29. The lowest BCUT2D eigenvalue weighted by molar-refractivity contribution is -0.131. The van der Waals surface area contributed by atoms with E-state index in [1.54, 1.807) is 18.2 Å². The van der Waals surface area contributed by atoms with Gasteiger partial charge in [0.15, 0.2) is 0 Å². The maximum absolute atomic E-state index is 12.0. The third-order valence-corrected chi connectivity index (χ3v) is 4.93. The molecule has 1 fully saturated rings. The van der Waals surface area contributed by atoms with E-state index in [1.807, 2.05) is 24.0 Å². The van der Waals surface area contributed by atoms with Crippen molar-refractivity contribution >= 4 is 29.1 Å². The number of piperidine rings is 1. The molecule has 1 aromatic heterocycles. The molecular weight excluding hydrogens is 392 g/mol. The summed E-state index contributed by atoms with van der Waals surface area (Å²) in [4.78, 5) is 34.3. The number of nitrogens with one attached hydrogen (secondary N) is 1. The molecule has 7 nitrogen and oxygen atoms in total. The topological polar surface area (TPSA) is 84.4 Å². The van der Waals surface area contributed by atoms with Crippen molar-refractivity contribution in [3.8, 4) is 11.6 Å². The first-order valence-corrected chi connectivity index (χ1v) is 10.2. The number of benzene rings is 1. The van der Waals surface area contributed by atoms with Crippen LogP contribution in [0.5, 0.6) is 11.6 Å². The Bertz CT molecular complexity index is 882. The fourth-order valence-electron chi connectivity index (χ4n) is 3.38. The first-order valence-electron chi connectivity index (χ1n) is 9.69.